The van der Waals surface area contributed by atoms with E-state index >= 15 is 0 Å². The van der Waals surface area contributed by atoms with Crippen molar-refractivity contribution in [3.63, 3.8) is 0 Å². The standard InChI is InChI=1S/C17H20ClNS/c1-11-7-13(3)16(8-12(11)2)17(19)10-20-15-6-4-5-14(18)9-15/h4-9,17H,10,19H2,1-3H3. The summed E-state index contributed by atoms with van der Waals surface area (Å²) < 4.78 is 0. The van der Waals surface area contributed by atoms with E-state index in [0.717, 1.165) is 15.7 Å². The van der Waals surface area contributed by atoms with E-state index in [1.54, 1.807) is 11.8 Å². The molecule has 0 saturated heterocycles. The fraction of sp³-hybridized carbons (Fsp3) is 0.294. The predicted molar refractivity (Wildman–Crippen MR) is 89.8 cm³/mol. The maximum absolute atomic E-state index is 6.35. The second-order valence-electron chi connectivity index (χ2n) is 5.17. The summed E-state index contributed by atoms with van der Waals surface area (Å²) in [7, 11) is 0. The quantitative estimate of drug-likeness (QED) is 0.799. The van der Waals surface area contributed by atoms with E-state index in [-0.39, 0.29) is 6.04 Å². The first kappa shape index (κ1) is 15.4. The van der Waals surface area contributed by atoms with Crippen LogP contribution in [0.4, 0.5) is 0 Å². The summed E-state index contributed by atoms with van der Waals surface area (Å²) in [6.45, 7) is 6.40. The van der Waals surface area contributed by atoms with Crippen molar-refractivity contribution < 1.29 is 0 Å². The first-order valence-corrected chi connectivity index (χ1v) is 8.05. The van der Waals surface area contributed by atoms with Crippen LogP contribution in [0.5, 0.6) is 0 Å². The van der Waals surface area contributed by atoms with Crippen LogP contribution in [-0.2, 0) is 0 Å². The Morgan fingerprint density at radius 3 is 2.45 bits per heavy atom. The van der Waals surface area contributed by atoms with E-state index in [0.29, 0.717) is 0 Å². The number of halogens is 1. The van der Waals surface area contributed by atoms with E-state index < -0.39 is 0 Å². The number of benzene rings is 2. The van der Waals surface area contributed by atoms with E-state index in [9.17, 15) is 0 Å². The van der Waals surface area contributed by atoms with Crippen LogP contribution in [-0.4, -0.2) is 5.75 Å². The second-order valence-corrected chi connectivity index (χ2v) is 6.70. The molecular formula is C17H20ClNS. The van der Waals surface area contributed by atoms with Gasteiger partial charge in [0.05, 0.1) is 0 Å². The van der Waals surface area contributed by atoms with Crippen molar-refractivity contribution in [1.82, 2.24) is 0 Å². The molecule has 0 fully saturated rings. The molecule has 0 radical (unpaired) electrons. The summed E-state index contributed by atoms with van der Waals surface area (Å²) in [6.07, 6.45) is 0. The minimum atomic E-state index is 0.0401. The van der Waals surface area contributed by atoms with Crippen LogP contribution in [0.3, 0.4) is 0 Å². The van der Waals surface area contributed by atoms with Crippen LogP contribution in [0.25, 0.3) is 0 Å². The zero-order valence-electron chi connectivity index (χ0n) is 12.1. The van der Waals surface area contributed by atoms with Crippen molar-refractivity contribution in [1.29, 1.82) is 0 Å². The van der Waals surface area contributed by atoms with Gasteiger partial charge in [0.1, 0.15) is 0 Å². The molecular weight excluding hydrogens is 286 g/mol. The van der Waals surface area contributed by atoms with Crippen LogP contribution >= 0.6 is 23.4 Å². The van der Waals surface area contributed by atoms with Crippen LogP contribution in [0.2, 0.25) is 5.02 Å². The predicted octanol–water partition coefficient (Wildman–Crippen LogP) is 5.06. The molecule has 2 aromatic carbocycles. The lowest BCUT2D eigenvalue weighted by Crippen LogP contribution is -2.15. The average molecular weight is 306 g/mol. The molecule has 3 heteroatoms. The smallest absolute Gasteiger partial charge is 0.0417 e. The van der Waals surface area contributed by atoms with Gasteiger partial charge in [0.2, 0.25) is 0 Å². The Balaban J connectivity index is 2.09. The summed E-state index contributed by atoms with van der Waals surface area (Å²) >= 11 is 7.74. The molecule has 1 atom stereocenters. The first-order valence-electron chi connectivity index (χ1n) is 6.69. The van der Waals surface area contributed by atoms with Crippen molar-refractivity contribution >= 4 is 23.4 Å². The highest BCUT2D eigenvalue weighted by Crippen LogP contribution is 2.28. The summed E-state index contributed by atoms with van der Waals surface area (Å²) in [6, 6.07) is 12.4. The third kappa shape index (κ3) is 3.78. The van der Waals surface area contributed by atoms with Crippen LogP contribution in [0.1, 0.15) is 28.3 Å². The maximum atomic E-state index is 6.35. The molecule has 106 valence electrons. The summed E-state index contributed by atoms with van der Waals surface area (Å²) in [5, 5.41) is 0.769. The maximum Gasteiger partial charge on any atom is 0.0417 e. The number of thioether (sulfide) groups is 1. The normalized spacial score (nSPS) is 12.4. The number of hydrogen-bond donors (Lipinski definition) is 1. The highest BCUT2D eigenvalue weighted by atomic mass is 35.5. The van der Waals surface area contributed by atoms with E-state index in [1.807, 2.05) is 18.2 Å². The molecule has 0 saturated carbocycles. The van der Waals surface area contributed by atoms with Crippen LogP contribution in [0, 0.1) is 20.8 Å². The molecule has 0 aliphatic carbocycles. The molecule has 2 aromatic rings. The molecule has 0 heterocycles. The van der Waals surface area contributed by atoms with Gasteiger partial charge in [-0.1, -0.05) is 29.8 Å². The third-order valence-electron chi connectivity index (χ3n) is 3.51. The highest BCUT2D eigenvalue weighted by molar-refractivity contribution is 7.99. The third-order valence-corrected chi connectivity index (χ3v) is 4.86. The van der Waals surface area contributed by atoms with Gasteiger partial charge in [0.25, 0.3) is 0 Å². The Morgan fingerprint density at radius 2 is 1.75 bits per heavy atom. The topological polar surface area (TPSA) is 26.0 Å². The van der Waals surface area contributed by atoms with Gasteiger partial charge in [-0.05, 0) is 61.2 Å². The molecule has 1 unspecified atom stereocenters. The van der Waals surface area contributed by atoms with Crippen LogP contribution < -0.4 is 5.73 Å². The molecule has 0 bridgehead atoms. The molecule has 0 aromatic heterocycles. The van der Waals surface area contributed by atoms with Crippen molar-refractivity contribution in [2.75, 3.05) is 5.75 Å². The Morgan fingerprint density at radius 1 is 1.05 bits per heavy atom. The molecule has 2 N–H and O–H groups in total. The number of nitrogens with two attached hydrogens (primary N) is 1. The highest BCUT2D eigenvalue weighted by Gasteiger charge is 2.11. The lowest BCUT2D eigenvalue weighted by molar-refractivity contribution is 0.820. The molecule has 1 nitrogen and oxygen atoms in total. The molecule has 2 rings (SSSR count). The molecule has 0 amide bonds. The average Bonchev–Trinajstić information content (AvgIpc) is 2.40. The monoisotopic (exact) mass is 305 g/mol. The molecule has 20 heavy (non-hydrogen) atoms. The van der Waals surface area contributed by atoms with Gasteiger partial charge in [-0.2, -0.15) is 0 Å². The van der Waals surface area contributed by atoms with Gasteiger partial charge in [-0.3, -0.25) is 0 Å². The zero-order valence-corrected chi connectivity index (χ0v) is 13.7. The SMILES string of the molecule is Cc1cc(C)c(C(N)CSc2cccc(Cl)c2)cc1C. The molecule has 0 aliphatic heterocycles. The van der Waals surface area contributed by atoms with Crippen LogP contribution in [0.15, 0.2) is 41.3 Å². The van der Waals surface area contributed by atoms with E-state index in [4.69, 9.17) is 17.3 Å². The largest absolute Gasteiger partial charge is 0.323 e. The minimum absolute atomic E-state index is 0.0401. The molecule has 0 spiro atoms. The van der Waals surface area contributed by atoms with Crippen molar-refractivity contribution in [2.45, 2.75) is 31.7 Å². The summed E-state index contributed by atoms with van der Waals surface area (Å²) in [4.78, 5) is 1.16. The first-order chi connectivity index (χ1) is 9.47. The van der Waals surface area contributed by atoms with Gasteiger partial charge < -0.3 is 5.73 Å². The number of aryl methyl sites for hydroxylation is 3. The summed E-state index contributed by atoms with van der Waals surface area (Å²) in [5.74, 6) is 0.851. The Labute approximate surface area is 130 Å². The summed E-state index contributed by atoms with van der Waals surface area (Å²) in [5.41, 5.74) is 11.5. The molecule has 0 aliphatic rings. The Hall–Kier alpha value is -0.960. The van der Waals surface area contributed by atoms with Crippen molar-refractivity contribution in [3.05, 3.63) is 63.7 Å². The van der Waals surface area contributed by atoms with Crippen molar-refractivity contribution in [2.24, 2.45) is 5.73 Å². The lowest BCUT2D eigenvalue weighted by atomic mass is 9.97. The fourth-order valence-corrected chi connectivity index (χ4v) is 3.41. The number of hydrogen-bond acceptors (Lipinski definition) is 2. The minimum Gasteiger partial charge on any atom is -0.323 e. The fourth-order valence-electron chi connectivity index (χ4n) is 2.21. The van der Waals surface area contributed by atoms with E-state index in [1.165, 1.54) is 22.3 Å². The van der Waals surface area contributed by atoms with E-state index in [2.05, 4.69) is 39.0 Å². The zero-order chi connectivity index (χ0) is 14.7. The van der Waals surface area contributed by atoms with Gasteiger partial charge in [-0.25, -0.2) is 0 Å². The van der Waals surface area contributed by atoms with Gasteiger partial charge in [0, 0.05) is 21.7 Å². The van der Waals surface area contributed by atoms with Crippen molar-refractivity contribution in [3.8, 4) is 0 Å². The Bertz CT molecular complexity index is 610. The van der Waals surface area contributed by atoms with Gasteiger partial charge >= 0.3 is 0 Å². The van der Waals surface area contributed by atoms with Gasteiger partial charge in [-0.15, -0.1) is 11.8 Å². The number of rotatable bonds is 4. The van der Waals surface area contributed by atoms with Gasteiger partial charge in [0.15, 0.2) is 0 Å². The lowest BCUT2D eigenvalue weighted by Gasteiger charge is -2.16. The Kier molecular flexibility index (Phi) is 5.14. The second kappa shape index (κ2) is 6.66.